The monoisotopic (exact) mass is 407 g/mol. The SMILES string of the molecule is CCC(=O)c1cc(C(=O)CCCCN2CCNCC2=O)cc(Cc2ccccc2)n1. The highest BCUT2D eigenvalue weighted by atomic mass is 16.2. The quantitative estimate of drug-likeness (QED) is 0.484. The Morgan fingerprint density at radius 1 is 1.10 bits per heavy atom. The molecule has 1 aromatic carbocycles. The molecule has 0 saturated carbocycles. The maximum Gasteiger partial charge on any atom is 0.236 e. The van der Waals surface area contributed by atoms with Gasteiger partial charge in [0.05, 0.1) is 6.54 Å². The zero-order valence-electron chi connectivity index (χ0n) is 17.5. The molecule has 1 fully saturated rings. The zero-order chi connectivity index (χ0) is 21.3. The van der Waals surface area contributed by atoms with Crippen LogP contribution in [-0.4, -0.2) is 53.5 Å². The third-order valence-corrected chi connectivity index (χ3v) is 5.30. The van der Waals surface area contributed by atoms with Gasteiger partial charge in [0, 0.05) is 50.2 Å². The fourth-order valence-corrected chi connectivity index (χ4v) is 3.58. The normalized spacial score (nSPS) is 14.0. The highest BCUT2D eigenvalue weighted by Gasteiger charge is 2.17. The van der Waals surface area contributed by atoms with Gasteiger partial charge in [-0.3, -0.25) is 14.4 Å². The van der Waals surface area contributed by atoms with Gasteiger partial charge in [0.1, 0.15) is 5.69 Å². The second-order valence-electron chi connectivity index (χ2n) is 7.61. The van der Waals surface area contributed by atoms with E-state index in [1.807, 2.05) is 41.3 Å². The molecule has 1 aromatic heterocycles. The highest BCUT2D eigenvalue weighted by Crippen LogP contribution is 2.16. The maximum absolute atomic E-state index is 12.8. The summed E-state index contributed by atoms with van der Waals surface area (Å²) >= 11 is 0. The van der Waals surface area contributed by atoms with E-state index < -0.39 is 0 Å². The fourth-order valence-electron chi connectivity index (χ4n) is 3.58. The predicted molar refractivity (Wildman–Crippen MR) is 116 cm³/mol. The van der Waals surface area contributed by atoms with Gasteiger partial charge in [-0.1, -0.05) is 37.3 Å². The second kappa shape index (κ2) is 10.8. The van der Waals surface area contributed by atoms with Crippen molar-refractivity contribution in [3.8, 4) is 0 Å². The van der Waals surface area contributed by atoms with E-state index in [9.17, 15) is 14.4 Å². The van der Waals surface area contributed by atoms with Crippen molar-refractivity contribution in [2.75, 3.05) is 26.2 Å². The van der Waals surface area contributed by atoms with Crippen LogP contribution in [0.1, 0.15) is 64.7 Å². The van der Waals surface area contributed by atoms with E-state index in [1.165, 1.54) is 0 Å². The molecule has 2 aromatic rings. The molecule has 1 N–H and O–H groups in total. The van der Waals surface area contributed by atoms with E-state index in [0.29, 0.717) is 50.0 Å². The van der Waals surface area contributed by atoms with Crippen LogP contribution in [0.3, 0.4) is 0 Å². The first-order valence-corrected chi connectivity index (χ1v) is 10.7. The molecule has 1 aliphatic rings. The number of nitrogens with zero attached hydrogens (tertiary/aromatic N) is 2. The van der Waals surface area contributed by atoms with Gasteiger partial charge < -0.3 is 10.2 Å². The number of benzene rings is 1. The van der Waals surface area contributed by atoms with Crippen molar-refractivity contribution in [1.82, 2.24) is 15.2 Å². The molecule has 2 heterocycles. The Bertz CT molecular complexity index is 896. The molecule has 1 aliphatic heterocycles. The Morgan fingerprint density at radius 2 is 1.90 bits per heavy atom. The number of carbonyl (C=O) groups excluding carboxylic acids is 3. The molecule has 0 radical (unpaired) electrons. The van der Waals surface area contributed by atoms with Gasteiger partial charge >= 0.3 is 0 Å². The van der Waals surface area contributed by atoms with Crippen LogP contribution in [0, 0.1) is 0 Å². The molecule has 30 heavy (non-hydrogen) atoms. The first-order valence-electron chi connectivity index (χ1n) is 10.7. The minimum atomic E-state index is -0.0591. The topological polar surface area (TPSA) is 79.4 Å². The van der Waals surface area contributed by atoms with Gasteiger partial charge in [-0.2, -0.15) is 0 Å². The average molecular weight is 408 g/mol. The lowest BCUT2D eigenvalue weighted by Gasteiger charge is -2.27. The lowest BCUT2D eigenvalue weighted by Crippen LogP contribution is -2.48. The lowest BCUT2D eigenvalue weighted by molar-refractivity contribution is -0.131. The standard InChI is InChI=1S/C24H29N3O3/c1-2-22(28)21-16-19(15-20(26-21)14-18-8-4-3-5-9-18)23(29)10-6-7-12-27-13-11-25-17-24(27)30/h3-5,8-9,15-16,25H,2,6-7,10-14,17H2,1H3. The summed E-state index contributed by atoms with van der Waals surface area (Å²) in [6.07, 6.45) is 2.84. The molecule has 0 unspecified atom stereocenters. The minimum Gasteiger partial charge on any atom is -0.340 e. The average Bonchev–Trinajstić information content (AvgIpc) is 2.77. The van der Waals surface area contributed by atoms with E-state index in [4.69, 9.17) is 0 Å². The van der Waals surface area contributed by atoms with E-state index >= 15 is 0 Å². The van der Waals surface area contributed by atoms with Crippen molar-refractivity contribution >= 4 is 17.5 Å². The number of amides is 1. The predicted octanol–water partition coefficient (Wildman–Crippen LogP) is 3.05. The van der Waals surface area contributed by atoms with Crippen LogP contribution in [0.2, 0.25) is 0 Å². The largest absolute Gasteiger partial charge is 0.340 e. The molecule has 6 heteroatoms. The van der Waals surface area contributed by atoms with Crippen LogP contribution < -0.4 is 5.32 Å². The van der Waals surface area contributed by atoms with Crippen molar-refractivity contribution < 1.29 is 14.4 Å². The van der Waals surface area contributed by atoms with Crippen molar-refractivity contribution in [3.05, 3.63) is 65.0 Å². The summed E-state index contributed by atoms with van der Waals surface area (Å²) in [5, 5.41) is 3.06. The summed E-state index contributed by atoms with van der Waals surface area (Å²) in [7, 11) is 0. The van der Waals surface area contributed by atoms with E-state index in [2.05, 4.69) is 10.3 Å². The maximum atomic E-state index is 12.8. The van der Waals surface area contributed by atoms with Gasteiger partial charge in [-0.25, -0.2) is 4.98 Å². The number of unbranched alkanes of at least 4 members (excludes halogenated alkanes) is 1. The Morgan fingerprint density at radius 3 is 2.63 bits per heavy atom. The number of hydrogen-bond acceptors (Lipinski definition) is 5. The third kappa shape index (κ3) is 6.07. The van der Waals surface area contributed by atoms with Gasteiger partial charge in [0.2, 0.25) is 5.91 Å². The smallest absolute Gasteiger partial charge is 0.236 e. The van der Waals surface area contributed by atoms with Gasteiger partial charge in [-0.15, -0.1) is 0 Å². The number of nitrogens with one attached hydrogen (secondary N) is 1. The van der Waals surface area contributed by atoms with Gasteiger partial charge in [0.25, 0.3) is 0 Å². The summed E-state index contributed by atoms with van der Waals surface area (Å²) < 4.78 is 0. The second-order valence-corrected chi connectivity index (χ2v) is 7.61. The van der Waals surface area contributed by atoms with Crippen LogP contribution in [-0.2, 0) is 11.2 Å². The molecular weight excluding hydrogens is 378 g/mol. The molecule has 0 spiro atoms. The number of piperazine rings is 1. The summed E-state index contributed by atoms with van der Waals surface area (Å²) in [6, 6.07) is 13.3. The fraction of sp³-hybridized carbons (Fsp3) is 0.417. The zero-order valence-corrected chi connectivity index (χ0v) is 17.5. The Balaban J connectivity index is 1.63. The van der Waals surface area contributed by atoms with Crippen molar-refractivity contribution in [2.45, 2.75) is 39.0 Å². The molecule has 0 aliphatic carbocycles. The Hall–Kier alpha value is -2.86. The molecule has 6 nitrogen and oxygen atoms in total. The number of pyridine rings is 1. The molecule has 1 saturated heterocycles. The van der Waals surface area contributed by atoms with Crippen LogP contribution in [0.5, 0.6) is 0 Å². The number of rotatable bonds is 10. The van der Waals surface area contributed by atoms with E-state index in [1.54, 1.807) is 13.0 Å². The van der Waals surface area contributed by atoms with E-state index in [0.717, 1.165) is 30.8 Å². The number of ketones is 2. The summed E-state index contributed by atoms with van der Waals surface area (Å²) in [6.45, 7) is 4.42. The van der Waals surface area contributed by atoms with Crippen molar-refractivity contribution in [3.63, 3.8) is 0 Å². The van der Waals surface area contributed by atoms with Crippen molar-refractivity contribution in [1.29, 1.82) is 0 Å². The Labute approximate surface area is 177 Å². The molecular formula is C24H29N3O3. The van der Waals surface area contributed by atoms with Crippen LogP contribution >= 0.6 is 0 Å². The lowest BCUT2D eigenvalue weighted by atomic mass is 10.0. The summed E-state index contributed by atoms with van der Waals surface area (Å²) in [5.41, 5.74) is 2.73. The van der Waals surface area contributed by atoms with Gasteiger partial charge in [0.15, 0.2) is 11.6 Å². The molecule has 0 bridgehead atoms. The molecule has 0 atom stereocenters. The van der Waals surface area contributed by atoms with Crippen LogP contribution in [0.15, 0.2) is 42.5 Å². The van der Waals surface area contributed by atoms with E-state index in [-0.39, 0.29) is 17.5 Å². The first-order chi connectivity index (χ1) is 14.6. The molecule has 3 rings (SSSR count). The summed E-state index contributed by atoms with van der Waals surface area (Å²) in [4.78, 5) is 43.2. The number of hydrogen-bond donors (Lipinski definition) is 1. The van der Waals surface area contributed by atoms with Crippen LogP contribution in [0.4, 0.5) is 0 Å². The van der Waals surface area contributed by atoms with Crippen molar-refractivity contribution in [2.24, 2.45) is 0 Å². The van der Waals surface area contributed by atoms with Crippen LogP contribution in [0.25, 0.3) is 0 Å². The first kappa shape index (κ1) is 21.8. The molecule has 158 valence electrons. The number of carbonyl (C=O) groups is 3. The number of Topliss-reactive ketones (excluding diaryl/α,β-unsaturated/α-hetero) is 2. The summed E-state index contributed by atoms with van der Waals surface area (Å²) in [5.74, 6) is 0.0784. The van der Waals surface area contributed by atoms with Gasteiger partial charge in [-0.05, 0) is 30.5 Å². The molecule has 1 amide bonds. The Kier molecular flexibility index (Phi) is 7.85. The minimum absolute atomic E-state index is 0.0171. The number of aromatic nitrogens is 1. The highest BCUT2D eigenvalue weighted by molar-refractivity contribution is 6.00. The third-order valence-electron chi connectivity index (χ3n) is 5.30.